The van der Waals surface area contributed by atoms with Crippen molar-refractivity contribution in [1.82, 2.24) is 5.06 Å². The quantitative estimate of drug-likeness (QED) is 0.256. The number of amides is 2. The summed E-state index contributed by atoms with van der Waals surface area (Å²) in [6.07, 6.45) is 11.3. The van der Waals surface area contributed by atoms with Crippen LogP contribution >= 0.6 is 0 Å². The largest absolute Gasteiger partial charge is 0.356 e. The molecule has 1 aromatic rings. The summed E-state index contributed by atoms with van der Waals surface area (Å²) in [6, 6.07) is 6.62. The van der Waals surface area contributed by atoms with Crippen LogP contribution in [0, 0.1) is 0 Å². The SMILES string of the molecule is O=C1c2ccccc2C(=O)N1OOC(N=C1CCCCC1)=NC1=CCCCC1. The molecular formula is C21H23N3O4. The first-order chi connectivity index (χ1) is 13.7. The summed E-state index contributed by atoms with van der Waals surface area (Å²) in [5.74, 6) is -1.11. The fourth-order valence-corrected chi connectivity index (χ4v) is 3.62. The minimum Gasteiger partial charge on any atom is -0.271 e. The highest BCUT2D eigenvalue weighted by Crippen LogP contribution is 2.24. The van der Waals surface area contributed by atoms with Crippen LogP contribution in [0.2, 0.25) is 0 Å². The van der Waals surface area contributed by atoms with Crippen molar-refractivity contribution in [3.05, 3.63) is 47.2 Å². The van der Waals surface area contributed by atoms with E-state index in [0.717, 1.165) is 62.8 Å². The number of carbonyl (C=O) groups excluding carboxylic acids is 2. The summed E-state index contributed by atoms with van der Waals surface area (Å²) in [6.45, 7) is 0. The highest BCUT2D eigenvalue weighted by molar-refractivity contribution is 6.20. The minimum absolute atomic E-state index is 0.0432. The van der Waals surface area contributed by atoms with Crippen molar-refractivity contribution in [3.63, 3.8) is 0 Å². The lowest BCUT2D eigenvalue weighted by atomic mass is 9.99. The Hall–Kier alpha value is -2.80. The first-order valence-corrected chi connectivity index (χ1v) is 9.89. The van der Waals surface area contributed by atoms with Gasteiger partial charge in [-0.05, 0) is 68.5 Å². The Balaban J connectivity index is 1.51. The minimum atomic E-state index is -0.554. The van der Waals surface area contributed by atoms with Crippen molar-refractivity contribution >= 4 is 23.5 Å². The lowest BCUT2D eigenvalue weighted by Gasteiger charge is -2.15. The number of hydrogen-bond acceptors (Lipinski definition) is 5. The lowest BCUT2D eigenvalue weighted by Crippen LogP contribution is -2.31. The zero-order chi connectivity index (χ0) is 19.3. The Morgan fingerprint density at radius 3 is 2.21 bits per heavy atom. The second-order valence-corrected chi connectivity index (χ2v) is 7.18. The monoisotopic (exact) mass is 381 g/mol. The van der Waals surface area contributed by atoms with Gasteiger partial charge in [-0.15, -0.1) is 5.06 Å². The van der Waals surface area contributed by atoms with Gasteiger partial charge in [-0.25, -0.2) is 4.99 Å². The number of benzene rings is 1. The molecule has 2 aliphatic carbocycles. The van der Waals surface area contributed by atoms with Gasteiger partial charge in [0.25, 0.3) is 11.8 Å². The number of aliphatic imine (C=N–C) groups is 2. The first kappa shape index (κ1) is 18.6. The third-order valence-electron chi connectivity index (χ3n) is 5.13. The predicted octanol–water partition coefficient (Wildman–Crippen LogP) is 4.36. The van der Waals surface area contributed by atoms with Gasteiger partial charge in [0.2, 0.25) is 0 Å². The van der Waals surface area contributed by atoms with Crippen LogP contribution in [-0.2, 0) is 9.88 Å². The van der Waals surface area contributed by atoms with Crippen molar-refractivity contribution in [2.75, 3.05) is 0 Å². The van der Waals surface area contributed by atoms with Crippen molar-refractivity contribution in [2.45, 2.75) is 57.8 Å². The lowest BCUT2D eigenvalue weighted by molar-refractivity contribution is -0.332. The van der Waals surface area contributed by atoms with Gasteiger partial charge in [-0.2, -0.15) is 4.99 Å². The van der Waals surface area contributed by atoms with Crippen molar-refractivity contribution in [1.29, 1.82) is 0 Å². The molecule has 1 heterocycles. The zero-order valence-electron chi connectivity index (χ0n) is 15.7. The van der Waals surface area contributed by atoms with E-state index in [1.54, 1.807) is 24.3 Å². The number of fused-ring (bicyclic) bond motifs is 1. The topological polar surface area (TPSA) is 80.6 Å². The number of rotatable bonds is 3. The van der Waals surface area contributed by atoms with E-state index in [0.29, 0.717) is 16.2 Å². The van der Waals surface area contributed by atoms with Gasteiger partial charge < -0.3 is 0 Å². The maximum Gasteiger partial charge on any atom is 0.356 e. The first-order valence-electron chi connectivity index (χ1n) is 9.89. The molecule has 4 rings (SSSR count). The van der Waals surface area contributed by atoms with E-state index in [1.165, 1.54) is 6.42 Å². The van der Waals surface area contributed by atoms with Crippen molar-refractivity contribution in [3.8, 4) is 0 Å². The molecular weight excluding hydrogens is 358 g/mol. The normalized spacial score (nSPS) is 20.1. The van der Waals surface area contributed by atoms with Crippen molar-refractivity contribution < 1.29 is 19.5 Å². The molecule has 1 saturated carbocycles. The van der Waals surface area contributed by atoms with E-state index in [9.17, 15) is 9.59 Å². The molecule has 0 saturated heterocycles. The molecule has 0 bridgehead atoms. The van der Waals surface area contributed by atoms with Gasteiger partial charge in [0.15, 0.2) is 0 Å². The van der Waals surface area contributed by atoms with Crippen LogP contribution in [0.15, 0.2) is 46.0 Å². The van der Waals surface area contributed by atoms with Crippen LogP contribution in [0.5, 0.6) is 0 Å². The van der Waals surface area contributed by atoms with Gasteiger partial charge in [0.1, 0.15) is 0 Å². The highest BCUT2D eigenvalue weighted by atomic mass is 17.3. The maximum absolute atomic E-state index is 12.4. The molecule has 1 fully saturated rings. The molecule has 3 aliphatic rings. The van der Waals surface area contributed by atoms with E-state index in [1.807, 2.05) is 0 Å². The standard InChI is InChI=1S/C21H23N3O4/c25-19-17-13-7-8-14-18(17)20(26)24(19)28-27-21(22-15-9-3-1-4-10-15)23-16-11-5-2-6-12-16/h7-9,13-14H,1-6,10-12H2. The molecule has 0 unspecified atom stereocenters. The number of hydrogen-bond donors (Lipinski definition) is 0. The molecule has 0 aromatic heterocycles. The third-order valence-corrected chi connectivity index (χ3v) is 5.13. The molecule has 0 N–H and O–H groups in total. The summed E-state index contributed by atoms with van der Waals surface area (Å²) < 4.78 is 0. The van der Waals surface area contributed by atoms with Crippen LogP contribution < -0.4 is 0 Å². The average molecular weight is 381 g/mol. The summed E-state index contributed by atoms with van der Waals surface area (Å²) in [4.78, 5) is 44.3. The number of imide groups is 1. The molecule has 1 aliphatic heterocycles. The fourth-order valence-electron chi connectivity index (χ4n) is 3.62. The predicted molar refractivity (Wildman–Crippen MR) is 104 cm³/mol. The fraction of sp³-hybridized carbons (Fsp3) is 0.429. The van der Waals surface area contributed by atoms with E-state index in [-0.39, 0.29) is 6.02 Å². The van der Waals surface area contributed by atoms with E-state index in [4.69, 9.17) is 9.88 Å². The summed E-state index contributed by atoms with van der Waals surface area (Å²) in [5.41, 5.74) is 2.49. The van der Waals surface area contributed by atoms with Gasteiger partial charge in [0.05, 0.1) is 11.1 Å². The second kappa shape index (κ2) is 8.48. The van der Waals surface area contributed by atoms with Crippen LogP contribution in [0.25, 0.3) is 0 Å². The van der Waals surface area contributed by atoms with Crippen LogP contribution in [-0.4, -0.2) is 28.6 Å². The Morgan fingerprint density at radius 1 is 0.893 bits per heavy atom. The number of allylic oxidation sites excluding steroid dienone is 2. The van der Waals surface area contributed by atoms with Crippen molar-refractivity contribution in [2.24, 2.45) is 9.98 Å². The Kier molecular flexibility index (Phi) is 5.62. The summed E-state index contributed by atoms with van der Waals surface area (Å²) in [7, 11) is 0. The number of amidine groups is 1. The number of nitrogens with zero attached hydrogens (tertiary/aromatic N) is 3. The third kappa shape index (κ3) is 4.04. The summed E-state index contributed by atoms with van der Waals surface area (Å²) in [5, 5.41) is 0.622. The molecule has 0 spiro atoms. The molecule has 7 heteroatoms. The highest BCUT2D eigenvalue weighted by Gasteiger charge is 2.38. The number of carbonyl (C=O) groups is 2. The van der Waals surface area contributed by atoms with E-state index in [2.05, 4.69) is 16.1 Å². The molecule has 7 nitrogen and oxygen atoms in total. The van der Waals surface area contributed by atoms with Gasteiger partial charge in [-0.3, -0.25) is 14.5 Å². The van der Waals surface area contributed by atoms with Gasteiger partial charge >= 0.3 is 6.02 Å². The second-order valence-electron chi connectivity index (χ2n) is 7.18. The Morgan fingerprint density at radius 2 is 1.57 bits per heavy atom. The molecule has 0 radical (unpaired) electrons. The van der Waals surface area contributed by atoms with E-state index >= 15 is 0 Å². The molecule has 28 heavy (non-hydrogen) atoms. The van der Waals surface area contributed by atoms with Crippen LogP contribution in [0.4, 0.5) is 0 Å². The Labute approximate surface area is 163 Å². The van der Waals surface area contributed by atoms with Gasteiger partial charge in [0, 0.05) is 11.4 Å². The zero-order valence-corrected chi connectivity index (χ0v) is 15.7. The Bertz CT molecular complexity index is 829. The number of hydroxylamine groups is 2. The van der Waals surface area contributed by atoms with Gasteiger partial charge in [-0.1, -0.05) is 24.6 Å². The van der Waals surface area contributed by atoms with Crippen LogP contribution in [0.3, 0.4) is 0 Å². The molecule has 146 valence electrons. The molecule has 0 atom stereocenters. The maximum atomic E-state index is 12.4. The smallest absolute Gasteiger partial charge is 0.271 e. The average Bonchev–Trinajstić information content (AvgIpc) is 2.98. The molecule has 1 aromatic carbocycles. The van der Waals surface area contributed by atoms with Crippen LogP contribution in [0.1, 0.15) is 78.5 Å². The molecule has 2 amide bonds. The summed E-state index contributed by atoms with van der Waals surface area (Å²) >= 11 is 0. The van der Waals surface area contributed by atoms with E-state index < -0.39 is 11.8 Å².